The molecule has 0 saturated heterocycles. The molecule has 86 valence electrons. The van der Waals surface area contributed by atoms with Crippen LogP contribution in [0.5, 0.6) is 0 Å². The van der Waals surface area contributed by atoms with Gasteiger partial charge in [0.2, 0.25) is 0 Å². The molecule has 2 heterocycles. The van der Waals surface area contributed by atoms with E-state index in [2.05, 4.69) is 40.1 Å². The summed E-state index contributed by atoms with van der Waals surface area (Å²) in [5.41, 5.74) is 0.840. The van der Waals surface area contributed by atoms with Gasteiger partial charge in [0, 0.05) is 18.7 Å². The second-order valence-corrected chi connectivity index (χ2v) is 4.45. The molecule has 0 amide bonds. The number of nitrogens with zero attached hydrogens (tertiary/aromatic N) is 4. The molecule has 17 heavy (non-hydrogen) atoms. The van der Waals surface area contributed by atoms with E-state index in [0.29, 0.717) is 5.92 Å². The average molecular weight is 226 g/mol. The van der Waals surface area contributed by atoms with Crippen molar-refractivity contribution in [2.24, 2.45) is 16.3 Å². The lowest BCUT2D eigenvalue weighted by Gasteiger charge is -2.18. The lowest BCUT2D eigenvalue weighted by atomic mass is 9.99. The van der Waals surface area contributed by atoms with Crippen LogP contribution in [-0.2, 0) is 0 Å². The van der Waals surface area contributed by atoms with Gasteiger partial charge in [-0.2, -0.15) is 0 Å². The van der Waals surface area contributed by atoms with Crippen LogP contribution >= 0.6 is 0 Å². The zero-order valence-corrected chi connectivity index (χ0v) is 9.58. The highest BCUT2D eigenvalue weighted by atomic mass is 15.6. The fourth-order valence-electron chi connectivity index (χ4n) is 2.23. The first kappa shape index (κ1) is 10.2. The van der Waals surface area contributed by atoms with E-state index in [4.69, 9.17) is 0 Å². The van der Waals surface area contributed by atoms with Crippen molar-refractivity contribution in [1.29, 1.82) is 0 Å². The minimum absolute atomic E-state index is 0.483. The molecule has 1 aliphatic carbocycles. The summed E-state index contributed by atoms with van der Waals surface area (Å²) in [4.78, 5) is 4.34. The summed E-state index contributed by atoms with van der Waals surface area (Å²) in [7, 11) is 0. The average Bonchev–Trinajstić information content (AvgIpc) is 2.75. The fourth-order valence-corrected chi connectivity index (χ4v) is 2.23. The standard InChI is InChI=1S/C13H14N4/c1-10-8-17(16-15-10)9-11-4-5-13-12(7-11)3-2-6-14-13/h2-3,5-7,11H,1,4,8-9H2. The van der Waals surface area contributed by atoms with E-state index in [0.717, 1.165) is 30.6 Å². The highest BCUT2D eigenvalue weighted by molar-refractivity contribution is 5.38. The van der Waals surface area contributed by atoms with Gasteiger partial charge in [-0.25, -0.2) is 0 Å². The van der Waals surface area contributed by atoms with E-state index in [-0.39, 0.29) is 0 Å². The van der Waals surface area contributed by atoms with Crippen molar-refractivity contribution in [2.45, 2.75) is 6.42 Å². The molecule has 2 aliphatic rings. The maximum absolute atomic E-state index is 4.34. The number of pyridine rings is 1. The maximum Gasteiger partial charge on any atom is 0.0813 e. The van der Waals surface area contributed by atoms with Gasteiger partial charge in [-0.15, -0.1) is 5.11 Å². The lowest BCUT2D eigenvalue weighted by Crippen LogP contribution is -2.34. The lowest BCUT2D eigenvalue weighted by molar-refractivity contribution is 0.298. The molecule has 0 bridgehead atoms. The summed E-state index contributed by atoms with van der Waals surface area (Å²) >= 11 is 0. The first-order chi connectivity index (χ1) is 8.31. The molecule has 3 rings (SSSR count). The highest BCUT2D eigenvalue weighted by Gasteiger charge is 2.16. The summed E-state index contributed by atoms with van der Waals surface area (Å²) in [6, 6.07) is 4.08. The van der Waals surface area contributed by atoms with Crippen molar-refractivity contribution in [1.82, 2.24) is 9.99 Å². The smallest absolute Gasteiger partial charge is 0.0813 e. The third kappa shape index (κ3) is 2.11. The van der Waals surface area contributed by atoms with E-state index in [1.54, 1.807) is 0 Å². The van der Waals surface area contributed by atoms with E-state index in [1.807, 2.05) is 17.3 Å². The van der Waals surface area contributed by atoms with E-state index >= 15 is 0 Å². The fraction of sp³-hybridized carbons (Fsp3) is 0.308. The van der Waals surface area contributed by atoms with Crippen molar-refractivity contribution in [3.05, 3.63) is 41.2 Å². The Hall–Kier alpha value is -1.97. The largest absolute Gasteiger partial charge is 0.272 e. The molecule has 0 spiro atoms. The summed E-state index contributed by atoms with van der Waals surface area (Å²) in [6.45, 7) is 5.45. The number of hydrogen-bond acceptors (Lipinski definition) is 4. The summed E-state index contributed by atoms with van der Waals surface area (Å²) in [5, 5.41) is 12.3. The molecule has 1 aromatic rings. The van der Waals surface area contributed by atoms with Crippen LogP contribution in [0.4, 0.5) is 0 Å². The Balaban J connectivity index is 1.78. The van der Waals surface area contributed by atoms with Gasteiger partial charge in [0.25, 0.3) is 0 Å². The molecule has 4 heteroatoms. The zero-order valence-electron chi connectivity index (χ0n) is 9.58. The van der Waals surface area contributed by atoms with Crippen molar-refractivity contribution in [2.75, 3.05) is 13.1 Å². The van der Waals surface area contributed by atoms with Crippen LogP contribution in [0.1, 0.15) is 6.42 Å². The molecular formula is C13H14N4. The van der Waals surface area contributed by atoms with Gasteiger partial charge in [0.15, 0.2) is 0 Å². The van der Waals surface area contributed by atoms with Gasteiger partial charge < -0.3 is 0 Å². The second kappa shape index (κ2) is 4.13. The second-order valence-electron chi connectivity index (χ2n) is 4.45. The Labute approximate surface area is 99.7 Å². The monoisotopic (exact) mass is 226 g/mol. The quantitative estimate of drug-likeness (QED) is 0.750. The third-order valence-corrected chi connectivity index (χ3v) is 3.02. The van der Waals surface area contributed by atoms with Crippen molar-refractivity contribution in [3.63, 3.8) is 0 Å². The Morgan fingerprint density at radius 3 is 3.24 bits per heavy atom. The number of aromatic nitrogens is 1. The SMILES string of the molecule is C=C1CN(CC2C=c3cccnc3=CC2)N=N1. The van der Waals surface area contributed by atoms with Gasteiger partial charge in [0.1, 0.15) is 0 Å². The van der Waals surface area contributed by atoms with Gasteiger partial charge in [0.05, 0.1) is 17.6 Å². The van der Waals surface area contributed by atoms with E-state index in [1.165, 1.54) is 5.22 Å². The Kier molecular flexibility index (Phi) is 2.48. The van der Waals surface area contributed by atoms with Crippen LogP contribution in [-0.4, -0.2) is 23.1 Å². The Morgan fingerprint density at radius 2 is 2.41 bits per heavy atom. The highest BCUT2D eigenvalue weighted by Crippen LogP contribution is 2.16. The molecule has 0 fully saturated rings. The van der Waals surface area contributed by atoms with Gasteiger partial charge >= 0.3 is 0 Å². The van der Waals surface area contributed by atoms with Gasteiger partial charge in [-0.3, -0.25) is 9.99 Å². The van der Waals surface area contributed by atoms with Crippen LogP contribution in [0.15, 0.2) is 40.9 Å². The summed E-state index contributed by atoms with van der Waals surface area (Å²) in [5.74, 6) is 0.483. The van der Waals surface area contributed by atoms with Gasteiger partial charge in [-0.1, -0.05) is 30.0 Å². The van der Waals surface area contributed by atoms with Crippen LogP contribution < -0.4 is 10.6 Å². The minimum Gasteiger partial charge on any atom is -0.272 e. The van der Waals surface area contributed by atoms with E-state index in [9.17, 15) is 0 Å². The normalized spacial score (nSPS) is 22.0. The number of rotatable bonds is 2. The predicted molar refractivity (Wildman–Crippen MR) is 66.1 cm³/mol. The molecule has 1 atom stereocenters. The Morgan fingerprint density at radius 1 is 1.47 bits per heavy atom. The minimum atomic E-state index is 0.483. The molecule has 0 aromatic carbocycles. The van der Waals surface area contributed by atoms with Crippen LogP contribution in [0.3, 0.4) is 0 Å². The van der Waals surface area contributed by atoms with Crippen molar-refractivity contribution in [3.8, 4) is 0 Å². The van der Waals surface area contributed by atoms with E-state index < -0.39 is 0 Å². The number of fused-ring (bicyclic) bond motifs is 1. The molecule has 1 unspecified atom stereocenters. The molecule has 1 aliphatic heterocycles. The zero-order chi connectivity index (χ0) is 11.7. The van der Waals surface area contributed by atoms with Crippen LogP contribution in [0.25, 0.3) is 12.2 Å². The Bertz CT molecular complexity index is 588. The maximum atomic E-state index is 4.34. The van der Waals surface area contributed by atoms with Gasteiger partial charge in [-0.05, 0) is 17.7 Å². The van der Waals surface area contributed by atoms with Crippen molar-refractivity contribution >= 4 is 12.2 Å². The predicted octanol–water partition coefficient (Wildman–Crippen LogP) is 0.859. The number of hydrogen-bond donors (Lipinski definition) is 0. The third-order valence-electron chi connectivity index (χ3n) is 3.02. The molecule has 0 radical (unpaired) electrons. The van der Waals surface area contributed by atoms with Crippen LogP contribution in [0.2, 0.25) is 0 Å². The molecule has 0 N–H and O–H groups in total. The summed E-state index contributed by atoms with van der Waals surface area (Å²) < 4.78 is 0. The van der Waals surface area contributed by atoms with Crippen LogP contribution in [0, 0.1) is 5.92 Å². The molecule has 0 saturated carbocycles. The molecule has 1 aromatic heterocycles. The molecule has 4 nitrogen and oxygen atoms in total. The topological polar surface area (TPSA) is 40.9 Å². The first-order valence-electron chi connectivity index (χ1n) is 5.79. The van der Waals surface area contributed by atoms with Crippen molar-refractivity contribution < 1.29 is 0 Å². The summed E-state index contributed by atoms with van der Waals surface area (Å²) in [6.07, 6.45) is 7.33. The first-order valence-corrected chi connectivity index (χ1v) is 5.79. The molecular weight excluding hydrogens is 212 g/mol.